The van der Waals surface area contributed by atoms with Gasteiger partial charge in [-0.3, -0.25) is 0 Å². The molecule has 1 aromatic rings. The molecule has 0 saturated heterocycles. The summed E-state index contributed by atoms with van der Waals surface area (Å²) >= 11 is 0. The molecule has 1 aliphatic rings. The number of benzene rings is 1. The average molecular weight is 219 g/mol. The minimum atomic E-state index is 0.706. The molecule has 0 radical (unpaired) electrons. The molecule has 0 amide bonds. The Labute approximate surface area is 98.0 Å². The molecular weight excluding hydrogens is 198 g/mol. The number of hydrogen-bond donors (Lipinski definition) is 1. The average Bonchev–Trinajstić information content (AvgIpc) is 2.29. The highest BCUT2D eigenvalue weighted by molar-refractivity contribution is 5.58. The Morgan fingerprint density at radius 1 is 1.38 bits per heavy atom. The van der Waals surface area contributed by atoms with Crippen LogP contribution in [-0.2, 0) is 6.42 Å². The van der Waals surface area contributed by atoms with Gasteiger partial charge >= 0.3 is 0 Å². The zero-order chi connectivity index (χ0) is 11.4. The van der Waals surface area contributed by atoms with Gasteiger partial charge in [-0.1, -0.05) is 19.9 Å². The van der Waals surface area contributed by atoms with Gasteiger partial charge in [0.05, 0.1) is 6.61 Å². The first kappa shape index (κ1) is 11.3. The molecule has 0 atom stereocenters. The quantitative estimate of drug-likeness (QED) is 0.837. The molecule has 88 valence electrons. The van der Waals surface area contributed by atoms with Gasteiger partial charge in [0.25, 0.3) is 0 Å². The van der Waals surface area contributed by atoms with Crippen LogP contribution in [0.25, 0.3) is 0 Å². The summed E-state index contributed by atoms with van der Waals surface area (Å²) < 4.78 is 5.88. The summed E-state index contributed by atoms with van der Waals surface area (Å²) in [6.07, 6.45) is 3.47. The van der Waals surface area contributed by atoms with E-state index in [-0.39, 0.29) is 0 Å². The Kier molecular flexibility index (Phi) is 3.70. The lowest BCUT2D eigenvalue weighted by atomic mass is 10.0. The zero-order valence-electron chi connectivity index (χ0n) is 10.3. The maximum Gasteiger partial charge on any atom is 0.124 e. The highest BCUT2D eigenvalue weighted by Crippen LogP contribution is 2.30. The van der Waals surface area contributed by atoms with Crippen LogP contribution in [0.2, 0.25) is 0 Å². The lowest BCUT2D eigenvalue weighted by Crippen LogP contribution is -2.13. The fraction of sp³-hybridized carbons (Fsp3) is 0.571. The fourth-order valence-corrected chi connectivity index (χ4v) is 2.02. The molecule has 1 aliphatic heterocycles. The van der Waals surface area contributed by atoms with E-state index in [4.69, 9.17) is 4.74 Å². The molecule has 0 bridgehead atoms. The maximum absolute atomic E-state index is 5.88. The molecular formula is C14H21NO. The molecule has 0 saturated carbocycles. The van der Waals surface area contributed by atoms with E-state index in [1.54, 1.807) is 0 Å². The van der Waals surface area contributed by atoms with Gasteiger partial charge in [0.1, 0.15) is 5.75 Å². The van der Waals surface area contributed by atoms with Crippen LogP contribution in [-0.4, -0.2) is 13.2 Å². The van der Waals surface area contributed by atoms with Gasteiger partial charge in [-0.2, -0.15) is 0 Å². The van der Waals surface area contributed by atoms with E-state index in [0.29, 0.717) is 5.92 Å². The van der Waals surface area contributed by atoms with Gasteiger partial charge in [0, 0.05) is 17.8 Å². The van der Waals surface area contributed by atoms with Crippen molar-refractivity contribution in [2.75, 3.05) is 18.5 Å². The van der Waals surface area contributed by atoms with Gasteiger partial charge < -0.3 is 10.1 Å². The predicted octanol–water partition coefficient (Wildman–Crippen LogP) is 3.47. The Morgan fingerprint density at radius 2 is 2.25 bits per heavy atom. The summed E-state index contributed by atoms with van der Waals surface area (Å²) in [7, 11) is 0. The monoisotopic (exact) mass is 219 g/mol. The largest absolute Gasteiger partial charge is 0.493 e. The Morgan fingerprint density at radius 3 is 3.06 bits per heavy atom. The van der Waals surface area contributed by atoms with E-state index >= 15 is 0 Å². The van der Waals surface area contributed by atoms with Crippen LogP contribution < -0.4 is 10.1 Å². The Hall–Kier alpha value is -1.18. The normalized spacial score (nSPS) is 14.4. The van der Waals surface area contributed by atoms with Gasteiger partial charge in [0.2, 0.25) is 0 Å². The summed E-state index contributed by atoms with van der Waals surface area (Å²) in [6, 6.07) is 6.30. The fourth-order valence-electron chi connectivity index (χ4n) is 2.02. The highest BCUT2D eigenvalue weighted by atomic mass is 16.5. The van der Waals surface area contributed by atoms with Crippen molar-refractivity contribution in [1.29, 1.82) is 0 Å². The summed E-state index contributed by atoms with van der Waals surface area (Å²) in [5.74, 6) is 1.78. The van der Waals surface area contributed by atoms with E-state index in [2.05, 4.69) is 37.4 Å². The van der Waals surface area contributed by atoms with Crippen molar-refractivity contribution in [1.82, 2.24) is 0 Å². The van der Waals surface area contributed by atoms with E-state index in [9.17, 15) is 0 Å². The van der Waals surface area contributed by atoms with Crippen molar-refractivity contribution < 1.29 is 4.74 Å². The third-order valence-electron chi connectivity index (χ3n) is 3.00. The Bertz CT molecular complexity index is 347. The van der Waals surface area contributed by atoms with Crippen molar-refractivity contribution in [2.45, 2.75) is 33.1 Å². The van der Waals surface area contributed by atoms with Crippen LogP contribution >= 0.6 is 0 Å². The van der Waals surface area contributed by atoms with Crippen molar-refractivity contribution in [3.8, 4) is 5.75 Å². The molecule has 1 N–H and O–H groups in total. The summed E-state index contributed by atoms with van der Waals surface area (Å²) in [4.78, 5) is 0. The molecule has 2 rings (SSSR count). The highest BCUT2D eigenvalue weighted by Gasteiger charge is 2.13. The minimum Gasteiger partial charge on any atom is -0.493 e. The molecule has 0 unspecified atom stereocenters. The van der Waals surface area contributed by atoms with Gasteiger partial charge in [-0.15, -0.1) is 0 Å². The van der Waals surface area contributed by atoms with E-state index in [0.717, 1.165) is 31.7 Å². The molecule has 0 spiro atoms. The second-order valence-electron chi connectivity index (χ2n) is 4.84. The molecule has 0 aliphatic carbocycles. The summed E-state index contributed by atoms with van der Waals surface area (Å²) in [6.45, 7) is 6.37. The van der Waals surface area contributed by atoms with Crippen LogP contribution in [0.4, 0.5) is 5.69 Å². The SMILES string of the molecule is CC(C)CCOc1cccc2c1CCCN2. The standard InChI is InChI=1S/C14H21NO/c1-11(2)8-10-16-14-7-3-6-13-12(14)5-4-9-15-13/h3,6-7,11,15H,4-5,8-10H2,1-2H3. The first-order chi connectivity index (χ1) is 7.77. The molecule has 0 fully saturated rings. The third kappa shape index (κ3) is 2.69. The molecule has 1 heterocycles. The Balaban J connectivity index is 2.03. The summed E-state index contributed by atoms with van der Waals surface area (Å²) in [5, 5.41) is 3.42. The van der Waals surface area contributed by atoms with Crippen LogP contribution in [0.5, 0.6) is 5.75 Å². The number of nitrogens with one attached hydrogen (secondary N) is 1. The molecule has 2 heteroatoms. The maximum atomic E-state index is 5.88. The first-order valence-electron chi connectivity index (χ1n) is 6.26. The number of rotatable bonds is 4. The lowest BCUT2D eigenvalue weighted by molar-refractivity contribution is 0.286. The van der Waals surface area contributed by atoms with E-state index < -0.39 is 0 Å². The smallest absolute Gasteiger partial charge is 0.124 e. The number of hydrogen-bond acceptors (Lipinski definition) is 2. The topological polar surface area (TPSA) is 21.3 Å². The third-order valence-corrected chi connectivity index (χ3v) is 3.00. The van der Waals surface area contributed by atoms with Crippen molar-refractivity contribution in [3.63, 3.8) is 0 Å². The zero-order valence-corrected chi connectivity index (χ0v) is 10.3. The van der Waals surface area contributed by atoms with Crippen molar-refractivity contribution in [2.24, 2.45) is 5.92 Å². The number of ether oxygens (including phenoxy) is 1. The van der Waals surface area contributed by atoms with Gasteiger partial charge in [-0.25, -0.2) is 0 Å². The van der Waals surface area contributed by atoms with Crippen molar-refractivity contribution >= 4 is 5.69 Å². The first-order valence-corrected chi connectivity index (χ1v) is 6.26. The van der Waals surface area contributed by atoms with Gasteiger partial charge in [-0.05, 0) is 37.3 Å². The predicted molar refractivity (Wildman–Crippen MR) is 68.2 cm³/mol. The van der Waals surface area contributed by atoms with E-state index in [1.807, 2.05) is 0 Å². The lowest BCUT2D eigenvalue weighted by Gasteiger charge is -2.21. The van der Waals surface area contributed by atoms with Crippen molar-refractivity contribution in [3.05, 3.63) is 23.8 Å². The van der Waals surface area contributed by atoms with E-state index in [1.165, 1.54) is 17.7 Å². The van der Waals surface area contributed by atoms with Crippen LogP contribution in [0, 0.1) is 5.92 Å². The summed E-state index contributed by atoms with van der Waals surface area (Å²) in [5.41, 5.74) is 2.62. The minimum absolute atomic E-state index is 0.706. The van der Waals surface area contributed by atoms with Crippen LogP contribution in [0.15, 0.2) is 18.2 Å². The number of fused-ring (bicyclic) bond motifs is 1. The molecule has 16 heavy (non-hydrogen) atoms. The molecule has 1 aromatic carbocycles. The molecule has 2 nitrogen and oxygen atoms in total. The number of anilines is 1. The second kappa shape index (κ2) is 5.24. The second-order valence-corrected chi connectivity index (χ2v) is 4.84. The van der Waals surface area contributed by atoms with Crippen LogP contribution in [0.3, 0.4) is 0 Å². The van der Waals surface area contributed by atoms with Crippen LogP contribution in [0.1, 0.15) is 32.3 Å². The molecule has 0 aromatic heterocycles. The van der Waals surface area contributed by atoms with Gasteiger partial charge in [0.15, 0.2) is 0 Å².